The fraction of sp³-hybridized carbons (Fsp3) is 0.160. The van der Waals surface area contributed by atoms with Gasteiger partial charge in [0.2, 0.25) is 0 Å². The third-order valence-corrected chi connectivity index (χ3v) is 7.23. The third-order valence-electron chi connectivity index (χ3n) is 5.76. The summed E-state index contributed by atoms with van der Waals surface area (Å²) in [5.74, 6) is 0.712. The molecule has 32 heavy (non-hydrogen) atoms. The van der Waals surface area contributed by atoms with Gasteiger partial charge < -0.3 is 4.74 Å². The lowest BCUT2D eigenvalue weighted by molar-refractivity contribution is -0.121. The number of carbonyl (C=O) groups is 1. The zero-order chi connectivity index (χ0) is 22.2. The molecule has 0 N–H and O–H groups in total. The number of thioether (sulfide) groups is 1. The number of fused-ring (bicyclic) bond motifs is 1. The van der Waals surface area contributed by atoms with Gasteiger partial charge in [0, 0.05) is 19.7 Å². The maximum absolute atomic E-state index is 12.6. The molecule has 0 radical (unpaired) electrons. The molecule has 1 atom stereocenters. The van der Waals surface area contributed by atoms with Gasteiger partial charge in [-0.2, -0.15) is 5.10 Å². The molecule has 0 saturated carbocycles. The van der Waals surface area contributed by atoms with E-state index in [1.54, 1.807) is 14.2 Å². The molecule has 0 bridgehead atoms. The third kappa shape index (κ3) is 3.78. The van der Waals surface area contributed by atoms with Crippen LogP contribution in [0.15, 0.2) is 82.9 Å². The summed E-state index contributed by atoms with van der Waals surface area (Å²) in [6.45, 7) is 0. The second-order valence-electron chi connectivity index (χ2n) is 7.71. The maximum Gasteiger partial charge on any atom is 0.267 e. The molecule has 0 aromatic heterocycles. The van der Waals surface area contributed by atoms with Crippen molar-refractivity contribution in [1.29, 1.82) is 0 Å². The maximum atomic E-state index is 12.6. The Bertz CT molecular complexity index is 1280. The molecule has 5 rings (SSSR count). The summed E-state index contributed by atoms with van der Waals surface area (Å²) in [6.07, 6.45) is 2.55. The van der Waals surface area contributed by atoms with E-state index >= 15 is 0 Å². The first-order chi connectivity index (χ1) is 15.5. The highest BCUT2D eigenvalue weighted by Crippen LogP contribution is 2.37. The summed E-state index contributed by atoms with van der Waals surface area (Å²) in [5.41, 5.74) is 3.18. The number of amides is 1. The van der Waals surface area contributed by atoms with Crippen LogP contribution in [0.25, 0.3) is 10.8 Å². The lowest BCUT2D eigenvalue weighted by Gasteiger charge is -2.21. The van der Waals surface area contributed by atoms with Gasteiger partial charge in [-0.25, -0.2) is 0 Å². The molecular formula is C25H21N3O2S2. The van der Waals surface area contributed by atoms with E-state index in [1.807, 2.05) is 47.6 Å². The van der Waals surface area contributed by atoms with E-state index in [0.717, 1.165) is 29.0 Å². The van der Waals surface area contributed by atoms with Crippen molar-refractivity contribution in [1.82, 2.24) is 9.91 Å². The average molecular weight is 460 g/mol. The number of hydrazone groups is 1. The van der Waals surface area contributed by atoms with Crippen molar-refractivity contribution in [3.05, 3.63) is 89.0 Å². The fourth-order valence-electron chi connectivity index (χ4n) is 3.94. The molecule has 1 saturated heterocycles. The molecule has 2 heterocycles. The number of carbonyl (C=O) groups excluding carboxylic acids is 1. The Kier molecular flexibility index (Phi) is 5.45. The van der Waals surface area contributed by atoms with Gasteiger partial charge in [0.15, 0.2) is 0 Å². The van der Waals surface area contributed by atoms with Crippen LogP contribution in [0.2, 0.25) is 0 Å². The zero-order valence-electron chi connectivity index (χ0n) is 17.7. The summed E-state index contributed by atoms with van der Waals surface area (Å²) in [6, 6.07) is 22.7. The van der Waals surface area contributed by atoms with Crippen LogP contribution in [0, 0.1) is 0 Å². The number of nitrogens with zero attached hydrogens (tertiary/aromatic N) is 3. The molecule has 160 valence electrons. The van der Waals surface area contributed by atoms with Crippen molar-refractivity contribution in [2.75, 3.05) is 14.2 Å². The van der Waals surface area contributed by atoms with E-state index in [9.17, 15) is 4.79 Å². The SMILES string of the molecule is COc1ccc(C2CC(c3ccc4ccccc4c3)=NN2/C=C2\SC(=S)N(C)C2=O)cc1. The van der Waals surface area contributed by atoms with E-state index in [-0.39, 0.29) is 11.9 Å². The average Bonchev–Trinajstić information content (AvgIpc) is 3.35. The Morgan fingerprint density at radius 3 is 2.53 bits per heavy atom. The Hall–Kier alpha value is -3.16. The number of rotatable bonds is 4. The number of likely N-dealkylation sites (N-methyl/N-ethyl adjacent to an activating group) is 1. The van der Waals surface area contributed by atoms with Crippen molar-refractivity contribution in [2.24, 2.45) is 5.10 Å². The summed E-state index contributed by atoms with van der Waals surface area (Å²) < 4.78 is 5.87. The molecule has 1 fully saturated rings. The van der Waals surface area contributed by atoms with E-state index < -0.39 is 0 Å². The summed E-state index contributed by atoms with van der Waals surface area (Å²) >= 11 is 6.60. The summed E-state index contributed by atoms with van der Waals surface area (Å²) in [5, 5.41) is 9.20. The molecule has 1 unspecified atom stereocenters. The Labute approximate surface area is 196 Å². The Balaban J connectivity index is 1.54. The van der Waals surface area contributed by atoms with Crippen LogP contribution in [-0.2, 0) is 4.79 Å². The van der Waals surface area contributed by atoms with Crippen molar-refractivity contribution >= 4 is 50.7 Å². The van der Waals surface area contributed by atoms with Crippen LogP contribution in [0.4, 0.5) is 0 Å². The quantitative estimate of drug-likeness (QED) is 0.390. The first kappa shape index (κ1) is 20.7. The number of benzene rings is 3. The summed E-state index contributed by atoms with van der Waals surface area (Å²) in [4.78, 5) is 14.7. The molecular weight excluding hydrogens is 438 g/mol. The highest BCUT2D eigenvalue weighted by atomic mass is 32.2. The molecule has 0 spiro atoms. The molecule has 1 amide bonds. The highest BCUT2D eigenvalue weighted by Gasteiger charge is 2.33. The van der Waals surface area contributed by atoms with Crippen molar-refractivity contribution in [3.8, 4) is 5.75 Å². The normalized spacial score (nSPS) is 19.9. The Morgan fingerprint density at radius 2 is 1.84 bits per heavy atom. The van der Waals surface area contributed by atoms with Crippen molar-refractivity contribution < 1.29 is 9.53 Å². The van der Waals surface area contributed by atoms with Crippen LogP contribution in [-0.4, -0.2) is 40.0 Å². The van der Waals surface area contributed by atoms with Crippen LogP contribution < -0.4 is 4.74 Å². The molecule has 7 heteroatoms. The minimum atomic E-state index is -0.0946. The number of hydrogen-bond donors (Lipinski definition) is 0. The zero-order valence-corrected chi connectivity index (χ0v) is 19.3. The van der Waals surface area contributed by atoms with Crippen LogP contribution in [0.3, 0.4) is 0 Å². The van der Waals surface area contributed by atoms with Gasteiger partial charge in [-0.05, 0) is 40.1 Å². The fourth-order valence-corrected chi connectivity index (χ4v) is 5.09. The van der Waals surface area contributed by atoms with Crippen LogP contribution in [0.1, 0.15) is 23.6 Å². The van der Waals surface area contributed by atoms with Gasteiger partial charge in [-0.1, -0.05) is 72.5 Å². The first-order valence-electron chi connectivity index (χ1n) is 10.2. The largest absolute Gasteiger partial charge is 0.497 e. The van der Waals surface area contributed by atoms with E-state index in [0.29, 0.717) is 9.23 Å². The molecule has 0 aliphatic carbocycles. The predicted octanol–water partition coefficient (Wildman–Crippen LogP) is 5.33. The molecule has 2 aliphatic heterocycles. The lowest BCUT2D eigenvalue weighted by atomic mass is 9.97. The van der Waals surface area contributed by atoms with Gasteiger partial charge in [-0.3, -0.25) is 14.7 Å². The van der Waals surface area contributed by atoms with Gasteiger partial charge in [0.05, 0.1) is 23.8 Å². The molecule has 2 aliphatic rings. The van der Waals surface area contributed by atoms with Gasteiger partial charge in [0.1, 0.15) is 10.1 Å². The van der Waals surface area contributed by atoms with Crippen LogP contribution in [0.5, 0.6) is 5.75 Å². The highest BCUT2D eigenvalue weighted by molar-refractivity contribution is 8.26. The monoisotopic (exact) mass is 459 g/mol. The van der Waals surface area contributed by atoms with Gasteiger partial charge in [-0.15, -0.1) is 0 Å². The molecule has 3 aromatic carbocycles. The predicted molar refractivity (Wildman–Crippen MR) is 134 cm³/mol. The van der Waals surface area contributed by atoms with Crippen molar-refractivity contribution in [2.45, 2.75) is 12.5 Å². The first-order valence-corrected chi connectivity index (χ1v) is 11.5. The molecule has 3 aromatic rings. The number of ether oxygens (including phenoxy) is 1. The number of methoxy groups -OCH3 is 1. The smallest absolute Gasteiger partial charge is 0.267 e. The number of hydrogen-bond acceptors (Lipinski definition) is 6. The molecule has 5 nitrogen and oxygen atoms in total. The standard InChI is InChI=1S/C25H21N3O2S2/c1-27-24(29)23(32-25(27)31)15-28-22(17-9-11-20(30-2)12-10-17)14-21(26-28)19-8-7-16-5-3-4-6-18(16)13-19/h3-13,15,22H,14H2,1-2H3/b23-15-. The minimum Gasteiger partial charge on any atom is -0.497 e. The van der Waals surface area contributed by atoms with E-state index in [2.05, 4.69) is 30.3 Å². The second kappa shape index (κ2) is 8.41. The number of thiocarbonyl (C=S) groups is 1. The van der Waals surface area contributed by atoms with Gasteiger partial charge >= 0.3 is 0 Å². The van der Waals surface area contributed by atoms with Gasteiger partial charge in [0.25, 0.3) is 5.91 Å². The lowest BCUT2D eigenvalue weighted by Crippen LogP contribution is -2.23. The van der Waals surface area contributed by atoms with Crippen molar-refractivity contribution in [3.63, 3.8) is 0 Å². The van der Waals surface area contributed by atoms with E-state index in [1.165, 1.54) is 27.4 Å². The second-order valence-corrected chi connectivity index (χ2v) is 9.38. The van der Waals surface area contributed by atoms with Crippen LogP contribution >= 0.6 is 24.0 Å². The Morgan fingerprint density at radius 1 is 1.09 bits per heavy atom. The minimum absolute atomic E-state index is 0.0252. The topological polar surface area (TPSA) is 45.1 Å². The van der Waals surface area contributed by atoms with E-state index in [4.69, 9.17) is 22.1 Å². The summed E-state index contributed by atoms with van der Waals surface area (Å²) in [7, 11) is 3.36.